The summed E-state index contributed by atoms with van der Waals surface area (Å²) >= 11 is 0. The number of hydrogen-bond donors (Lipinski definition) is 2. The Bertz CT molecular complexity index is 530. The molecule has 2 saturated heterocycles. The van der Waals surface area contributed by atoms with E-state index in [9.17, 15) is 19.8 Å². The standard InChI is InChI=1S/C15H17NO4/c17-12-8-10-6-7-11(13(12)15(19)20)16(10)14(18)9-4-2-1-3-5-9/h1-5,10-13,17H,6-8H2,(H,19,20)/t10-,11+,12+,13-/m0/s1. The maximum Gasteiger partial charge on any atom is 0.311 e. The minimum atomic E-state index is -1.02. The van der Waals surface area contributed by atoms with E-state index in [1.165, 1.54) is 0 Å². The molecule has 2 N–H and O–H groups in total. The molecule has 2 bridgehead atoms. The lowest BCUT2D eigenvalue weighted by Gasteiger charge is -2.41. The van der Waals surface area contributed by atoms with E-state index in [0.29, 0.717) is 18.4 Å². The molecule has 5 heteroatoms. The van der Waals surface area contributed by atoms with E-state index in [-0.39, 0.29) is 11.9 Å². The Labute approximate surface area is 116 Å². The number of nitrogens with zero attached hydrogens (tertiary/aromatic N) is 1. The molecule has 0 radical (unpaired) electrons. The minimum absolute atomic E-state index is 0.0432. The highest BCUT2D eigenvalue weighted by molar-refractivity contribution is 5.95. The predicted molar refractivity (Wildman–Crippen MR) is 71.2 cm³/mol. The number of fused-ring (bicyclic) bond motifs is 2. The second-order valence-electron chi connectivity index (χ2n) is 5.54. The number of piperidine rings is 1. The summed E-state index contributed by atoms with van der Waals surface area (Å²) in [5.41, 5.74) is 0.574. The molecule has 20 heavy (non-hydrogen) atoms. The molecule has 0 aliphatic carbocycles. The minimum Gasteiger partial charge on any atom is -0.481 e. The number of carbonyl (C=O) groups is 2. The van der Waals surface area contributed by atoms with Crippen molar-refractivity contribution in [3.05, 3.63) is 35.9 Å². The van der Waals surface area contributed by atoms with E-state index in [0.717, 1.165) is 6.42 Å². The highest BCUT2D eigenvalue weighted by Crippen LogP contribution is 2.40. The van der Waals surface area contributed by atoms with Crippen LogP contribution in [0.3, 0.4) is 0 Å². The summed E-state index contributed by atoms with van der Waals surface area (Å²) < 4.78 is 0. The van der Waals surface area contributed by atoms with Crippen molar-refractivity contribution in [1.82, 2.24) is 4.90 Å². The summed E-state index contributed by atoms with van der Waals surface area (Å²) in [7, 11) is 0. The van der Waals surface area contributed by atoms with Gasteiger partial charge in [-0.05, 0) is 31.4 Å². The van der Waals surface area contributed by atoms with Gasteiger partial charge in [0.25, 0.3) is 5.91 Å². The van der Waals surface area contributed by atoms with Gasteiger partial charge in [0, 0.05) is 17.6 Å². The van der Waals surface area contributed by atoms with Crippen LogP contribution in [0.25, 0.3) is 0 Å². The molecule has 106 valence electrons. The number of aliphatic hydroxyl groups excluding tert-OH is 1. The van der Waals surface area contributed by atoms with Gasteiger partial charge in [-0.25, -0.2) is 0 Å². The molecule has 1 aromatic rings. The average molecular weight is 275 g/mol. The Morgan fingerprint density at radius 3 is 2.50 bits per heavy atom. The number of carboxylic acids is 1. The monoisotopic (exact) mass is 275 g/mol. The van der Waals surface area contributed by atoms with Gasteiger partial charge in [0.15, 0.2) is 0 Å². The van der Waals surface area contributed by atoms with Gasteiger partial charge in [-0.1, -0.05) is 18.2 Å². The van der Waals surface area contributed by atoms with Gasteiger partial charge in [0.1, 0.15) is 5.92 Å². The van der Waals surface area contributed by atoms with E-state index in [2.05, 4.69) is 0 Å². The molecule has 2 heterocycles. The zero-order chi connectivity index (χ0) is 14.3. The van der Waals surface area contributed by atoms with Gasteiger partial charge in [-0.3, -0.25) is 9.59 Å². The molecular formula is C15H17NO4. The molecule has 0 aromatic heterocycles. The van der Waals surface area contributed by atoms with Gasteiger partial charge >= 0.3 is 5.97 Å². The second-order valence-corrected chi connectivity index (χ2v) is 5.54. The van der Waals surface area contributed by atoms with Crippen molar-refractivity contribution in [2.24, 2.45) is 5.92 Å². The Morgan fingerprint density at radius 2 is 1.85 bits per heavy atom. The topological polar surface area (TPSA) is 77.8 Å². The first-order chi connectivity index (χ1) is 9.59. The van der Waals surface area contributed by atoms with Crippen molar-refractivity contribution < 1.29 is 19.8 Å². The highest BCUT2D eigenvalue weighted by Gasteiger charge is 2.51. The molecular weight excluding hydrogens is 258 g/mol. The Hall–Kier alpha value is -1.88. The number of hydrogen-bond acceptors (Lipinski definition) is 3. The van der Waals surface area contributed by atoms with E-state index in [1.54, 1.807) is 29.2 Å². The fourth-order valence-electron chi connectivity index (χ4n) is 3.55. The molecule has 3 rings (SSSR count). The maximum absolute atomic E-state index is 12.6. The van der Waals surface area contributed by atoms with Gasteiger partial charge < -0.3 is 15.1 Å². The summed E-state index contributed by atoms with van der Waals surface area (Å²) in [6.45, 7) is 0. The SMILES string of the molecule is O=C(O)[C@@H]1[C@H](O)C[C@@H]2CC[C@H]1N2C(=O)c1ccccc1. The Kier molecular flexibility index (Phi) is 3.22. The number of amides is 1. The van der Waals surface area contributed by atoms with Crippen LogP contribution in [0, 0.1) is 5.92 Å². The molecule has 0 spiro atoms. The fourth-order valence-corrected chi connectivity index (χ4v) is 3.55. The number of rotatable bonds is 2. The lowest BCUT2D eigenvalue weighted by Crippen LogP contribution is -2.55. The normalized spacial score (nSPS) is 32.1. The van der Waals surface area contributed by atoms with Crippen molar-refractivity contribution in [3.63, 3.8) is 0 Å². The van der Waals surface area contributed by atoms with Gasteiger partial charge in [0.2, 0.25) is 0 Å². The third kappa shape index (κ3) is 1.98. The average Bonchev–Trinajstić information content (AvgIpc) is 2.74. The van der Waals surface area contributed by atoms with Crippen LogP contribution in [-0.2, 0) is 4.79 Å². The van der Waals surface area contributed by atoms with Crippen molar-refractivity contribution in [3.8, 4) is 0 Å². The van der Waals surface area contributed by atoms with Crippen LogP contribution in [0.5, 0.6) is 0 Å². The van der Waals surface area contributed by atoms with Crippen molar-refractivity contribution in [2.75, 3.05) is 0 Å². The molecule has 2 aliphatic rings. The van der Waals surface area contributed by atoms with Crippen LogP contribution in [0.15, 0.2) is 30.3 Å². The number of aliphatic carboxylic acids is 1. The lowest BCUT2D eigenvalue weighted by atomic mass is 9.87. The van der Waals surface area contributed by atoms with E-state index < -0.39 is 24.0 Å². The Balaban J connectivity index is 1.91. The number of aliphatic hydroxyl groups is 1. The highest BCUT2D eigenvalue weighted by atomic mass is 16.4. The first-order valence-electron chi connectivity index (χ1n) is 6.88. The molecule has 0 saturated carbocycles. The van der Waals surface area contributed by atoms with Gasteiger partial charge in [-0.2, -0.15) is 0 Å². The van der Waals surface area contributed by atoms with Crippen LogP contribution in [0.1, 0.15) is 29.6 Å². The summed E-state index contributed by atoms with van der Waals surface area (Å²) in [5.74, 6) is -2.02. The third-order valence-electron chi connectivity index (χ3n) is 4.43. The molecule has 4 atom stereocenters. The molecule has 0 unspecified atom stereocenters. The van der Waals surface area contributed by atoms with Gasteiger partial charge in [0.05, 0.1) is 6.10 Å². The second kappa shape index (κ2) is 4.90. The van der Waals surface area contributed by atoms with Crippen molar-refractivity contribution in [1.29, 1.82) is 0 Å². The third-order valence-corrected chi connectivity index (χ3v) is 4.43. The summed E-state index contributed by atoms with van der Waals surface area (Å²) in [6, 6.07) is 8.47. The fraction of sp³-hybridized carbons (Fsp3) is 0.467. The van der Waals surface area contributed by atoms with E-state index in [1.807, 2.05) is 6.07 Å². The van der Waals surface area contributed by atoms with Crippen molar-refractivity contribution in [2.45, 2.75) is 37.5 Å². The quantitative estimate of drug-likeness (QED) is 0.848. The number of benzene rings is 1. The predicted octanol–water partition coefficient (Wildman–Crippen LogP) is 1.13. The van der Waals surface area contributed by atoms with Crippen LogP contribution in [-0.4, -0.2) is 45.2 Å². The zero-order valence-corrected chi connectivity index (χ0v) is 11.0. The van der Waals surface area contributed by atoms with Crippen LogP contribution >= 0.6 is 0 Å². The van der Waals surface area contributed by atoms with E-state index >= 15 is 0 Å². The van der Waals surface area contributed by atoms with Crippen LogP contribution in [0.2, 0.25) is 0 Å². The number of carboxylic acid groups (broad SMARTS) is 1. The summed E-state index contributed by atoms with van der Waals surface area (Å²) in [6.07, 6.45) is 0.915. The van der Waals surface area contributed by atoms with Crippen LogP contribution < -0.4 is 0 Å². The summed E-state index contributed by atoms with van der Waals surface area (Å²) in [5, 5.41) is 19.3. The molecule has 2 fully saturated rings. The smallest absolute Gasteiger partial charge is 0.311 e. The Morgan fingerprint density at radius 1 is 1.15 bits per heavy atom. The molecule has 2 aliphatic heterocycles. The zero-order valence-electron chi connectivity index (χ0n) is 11.0. The van der Waals surface area contributed by atoms with E-state index in [4.69, 9.17) is 0 Å². The number of carbonyl (C=O) groups excluding carboxylic acids is 1. The molecule has 1 amide bonds. The maximum atomic E-state index is 12.6. The molecule has 1 aromatic carbocycles. The van der Waals surface area contributed by atoms with Gasteiger partial charge in [-0.15, -0.1) is 0 Å². The first kappa shape index (κ1) is 13.1. The van der Waals surface area contributed by atoms with Crippen molar-refractivity contribution >= 4 is 11.9 Å². The molecule has 5 nitrogen and oxygen atoms in total. The summed E-state index contributed by atoms with van der Waals surface area (Å²) in [4.78, 5) is 25.6. The first-order valence-corrected chi connectivity index (χ1v) is 6.88. The van der Waals surface area contributed by atoms with Crippen LogP contribution in [0.4, 0.5) is 0 Å². The lowest BCUT2D eigenvalue weighted by molar-refractivity contribution is -0.151. The largest absolute Gasteiger partial charge is 0.481 e.